The van der Waals surface area contributed by atoms with Gasteiger partial charge in [0.1, 0.15) is 10.8 Å². The van der Waals surface area contributed by atoms with Crippen LogP contribution in [0.1, 0.15) is 41.6 Å². The lowest BCUT2D eigenvalue weighted by atomic mass is 10.1. The van der Waals surface area contributed by atoms with Gasteiger partial charge in [0, 0.05) is 12.5 Å². The quantitative estimate of drug-likeness (QED) is 0.546. The SMILES string of the molecule is CCCCCc1nnc(NC(=O)c2cc(Cl)c(N)cc2OC)s1.Cl. The lowest BCUT2D eigenvalue weighted by Crippen LogP contribution is -2.13. The highest BCUT2D eigenvalue weighted by Crippen LogP contribution is 2.29. The van der Waals surface area contributed by atoms with E-state index in [9.17, 15) is 4.79 Å². The molecule has 132 valence electrons. The lowest BCUT2D eigenvalue weighted by Gasteiger charge is -2.09. The van der Waals surface area contributed by atoms with E-state index >= 15 is 0 Å². The van der Waals surface area contributed by atoms with E-state index in [2.05, 4.69) is 22.4 Å². The number of benzene rings is 1. The predicted octanol–water partition coefficient (Wildman–Crippen LogP) is 4.19. The first-order chi connectivity index (χ1) is 11.0. The molecule has 0 atom stereocenters. The number of halogens is 2. The molecule has 0 aliphatic carbocycles. The third kappa shape index (κ3) is 5.22. The Balaban J connectivity index is 0.00000288. The monoisotopic (exact) mass is 390 g/mol. The van der Waals surface area contributed by atoms with Crippen LogP contribution in [0.15, 0.2) is 12.1 Å². The number of methoxy groups -OCH3 is 1. The summed E-state index contributed by atoms with van der Waals surface area (Å²) in [6, 6.07) is 3.00. The molecule has 1 heterocycles. The smallest absolute Gasteiger partial charge is 0.261 e. The third-order valence-electron chi connectivity index (χ3n) is 3.24. The van der Waals surface area contributed by atoms with E-state index in [0.29, 0.717) is 27.2 Å². The highest BCUT2D eigenvalue weighted by Gasteiger charge is 2.17. The van der Waals surface area contributed by atoms with E-state index in [1.165, 1.54) is 30.6 Å². The van der Waals surface area contributed by atoms with Crippen LogP contribution in [-0.2, 0) is 6.42 Å². The van der Waals surface area contributed by atoms with Gasteiger partial charge in [0.25, 0.3) is 5.91 Å². The minimum atomic E-state index is -0.361. The van der Waals surface area contributed by atoms with Crippen LogP contribution in [0.3, 0.4) is 0 Å². The summed E-state index contributed by atoms with van der Waals surface area (Å²) in [4.78, 5) is 12.4. The fraction of sp³-hybridized carbons (Fsp3) is 0.400. The van der Waals surface area contributed by atoms with Gasteiger partial charge in [-0.3, -0.25) is 10.1 Å². The highest BCUT2D eigenvalue weighted by molar-refractivity contribution is 7.15. The molecule has 0 bridgehead atoms. The molecule has 0 aliphatic heterocycles. The summed E-state index contributed by atoms with van der Waals surface area (Å²) in [6.45, 7) is 2.15. The van der Waals surface area contributed by atoms with E-state index in [1.54, 1.807) is 0 Å². The van der Waals surface area contributed by atoms with Crippen LogP contribution in [0.5, 0.6) is 5.75 Å². The van der Waals surface area contributed by atoms with Gasteiger partial charge < -0.3 is 10.5 Å². The largest absolute Gasteiger partial charge is 0.496 e. The Bertz CT molecular complexity index is 694. The van der Waals surface area contributed by atoms with Gasteiger partial charge in [-0.05, 0) is 12.5 Å². The van der Waals surface area contributed by atoms with Crippen LogP contribution in [0.25, 0.3) is 0 Å². The number of hydrogen-bond acceptors (Lipinski definition) is 6. The standard InChI is InChI=1S/C15H19ClN4O2S.ClH/c1-3-4-5-6-13-19-20-15(23-13)18-14(21)9-7-10(16)11(17)8-12(9)22-2;/h7-8H,3-6,17H2,1-2H3,(H,18,20,21);1H. The topological polar surface area (TPSA) is 90.1 Å². The average molecular weight is 391 g/mol. The number of aryl methyl sites for hydroxylation is 1. The zero-order chi connectivity index (χ0) is 16.8. The normalized spacial score (nSPS) is 10.1. The number of amides is 1. The van der Waals surface area contributed by atoms with Gasteiger partial charge in [0.05, 0.1) is 23.4 Å². The second-order valence-corrected chi connectivity index (χ2v) is 6.46. The number of nitrogens with zero attached hydrogens (tertiary/aromatic N) is 2. The number of aromatic nitrogens is 2. The molecule has 0 saturated carbocycles. The molecule has 2 rings (SSSR count). The lowest BCUT2D eigenvalue weighted by molar-refractivity contribution is 0.102. The average Bonchev–Trinajstić information content (AvgIpc) is 2.97. The van der Waals surface area contributed by atoms with Crippen molar-refractivity contribution < 1.29 is 9.53 Å². The van der Waals surface area contributed by atoms with Gasteiger partial charge in [0.15, 0.2) is 0 Å². The summed E-state index contributed by atoms with van der Waals surface area (Å²) >= 11 is 7.35. The number of rotatable bonds is 7. The van der Waals surface area contributed by atoms with Crippen LogP contribution in [0, 0.1) is 0 Å². The van der Waals surface area contributed by atoms with E-state index in [1.807, 2.05) is 0 Å². The van der Waals surface area contributed by atoms with Crippen molar-refractivity contribution in [1.29, 1.82) is 0 Å². The summed E-state index contributed by atoms with van der Waals surface area (Å²) in [5.41, 5.74) is 6.37. The van der Waals surface area contributed by atoms with Crippen molar-refractivity contribution in [2.75, 3.05) is 18.2 Å². The van der Waals surface area contributed by atoms with E-state index in [0.717, 1.165) is 30.7 Å². The Kier molecular flexibility index (Phi) is 8.24. The van der Waals surface area contributed by atoms with Gasteiger partial charge in [-0.2, -0.15) is 0 Å². The number of carbonyl (C=O) groups is 1. The molecule has 0 unspecified atom stereocenters. The Morgan fingerprint density at radius 2 is 2.12 bits per heavy atom. The summed E-state index contributed by atoms with van der Waals surface area (Å²) < 4.78 is 5.18. The number of nitrogen functional groups attached to an aromatic ring is 1. The number of nitrogens with two attached hydrogens (primary N) is 1. The summed E-state index contributed by atoms with van der Waals surface area (Å²) in [5, 5.41) is 12.5. The predicted molar refractivity (Wildman–Crippen MR) is 101 cm³/mol. The summed E-state index contributed by atoms with van der Waals surface area (Å²) in [7, 11) is 1.47. The summed E-state index contributed by atoms with van der Waals surface area (Å²) in [5.74, 6) is -0.00269. The van der Waals surface area contributed by atoms with Crippen molar-refractivity contribution in [3.63, 3.8) is 0 Å². The number of unbranched alkanes of at least 4 members (excludes halogenated alkanes) is 2. The van der Waals surface area contributed by atoms with Crippen molar-refractivity contribution in [2.24, 2.45) is 0 Å². The Morgan fingerprint density at radius 3 is 2.79 bits per heavy atom. The van der Waals surface area contributed by atoms with Crippen LogP contribution >= 0.6 is 35.3 Å². The molecule has 0 fully saturated rings. The minimum Gasteiger partial charge on any atom is -0.496 e. The van der Waals surface area contributed by atoms with Crippen molar-refractivity contribution in [1.82, 2.24) is 10.2 Å². The fourth-order valence-electron chi connectivity index (χ4n) is 2.01. The van der Waals surface area contributed by atoms with Gasteiger partial charge in [-0.25, -0.2) is 0 Å². The maximum Gasteiger partial charge on any atom is 0.261 e. The zero-order valence-electron chi connectivity index (χ0n) is 13.5. The first kappa shape index (κ1) is 20.5. The molecule has 6 nitrogen and oxygen atoms in total. The molecule has 1 aromatic carbocycles. The molecule has 24 heavy (non-hydrogen) atoms. The van der Waals surface area contributed by atoms with Gasteiger partial charge in [-0.1, -0.05) is 42.7 Å². The number of anilines is 2. The Hall–Kier alpha value is -1.57. The number of hydrogen-bond donors (Lipinski definition) is 2. The van der Waals surface area contributed by atoms with Crippen molar-refractivity contribution >= 4 is 52.1 Å². The van der Waals surface area contributed by atoms with Crippen LogP contribution < -0.4 is 15.8 Å². The van der Waals surface area contributed by atoms with Gasteiger partial charge in [-0.15, -0.1) is 22.6 Å². The highest BCUT2D eigenvalue weighted by atomic mass is 35.5. The van der Waals surface area contributed by atoms with E-state index in [4.69, 9.17) is 22.1 Å². The van der Waals surface area contributed by atoms with Crippen LogP contribution in [-0.4, -0.2) is 23.2 Å². The second kappa shape index (κ2) is 9.66. The first-order valence-electron chi connectivity index (χ1n) is 7.31. The molecule has 9 heteroatoms. The number of ether oxygens (including phenoxy) is 1. The first-order valence-corrected chi connectivity index (χ1v) is 8.51. The zero-order valence-corrected chi connectivity index (χ0v) is 15.9. The minimum absolute atomic E-state index is 0. The van der Waals surface area contributed by atoms with Gasteiger partial charge in [0.2, 0.25) is 5.13 Å². The molecule has 0 spiro atoms. The molecular formula is C15H20Cl2N4O2S. The third-order valence-corrected chi connectivity index (χ3v) is 4.47. The Labute approximate surface area is 156 Å². The second-order valence-electron chi connectivity index (χ2n) is 4.99. The maximum atomic E-state index is 12.4. The Morgan fingerprint density at radius 1 is 1.38 bits per heavy atom. The summed E-state index contributed by atoms with van der Waals surface area (Å²) in [6.07, 6.45) is 4.25. The molecule has 1 amide bonds. The number of carbonyl (C=O) groups excluding carboxylic acids is 1. The molecule has 3 N–H and O–H groups in total. The van der Waals surface area contributed by atoms with Crippen molar-refractivity contribution in [2.45, 2.75) is 32.6 Å². The van der Waals surface area contributed by atoms with E-state index in [-0.39, 0.29) is 18.3 Å². The molecule has 0 aliphatic rings. The van der Waals surface area contributed by atoms with Crippen LogP contribution in [0.2, 0.25) is 5.02 Å². The fourth-order valence-corrected chi connectivity index (χ4v) is 2.95. The molecule has 1 aromatic heterocycles. The van der Waals surface area contributed by atoms with Crippen molar-refractivity contribution in [3.05, 3.63) is 27.7 Å². The van der Waals surface area contributed by atoms with Crippen molar-refractivity contribution in [3.8, 4) is 5.75 Å². The molecule has 0 saturated heterocycles. The molecular weight excluding hydrogens is 371 g/mol. The molecule has 2 aromatic rings. The van der Waals surface area contributed by atoms with Crippen LogP contribution in [0.4, 0.5) is 10.8 Å². The van der Waals surface area contributed by atoms with Gasteiger partial charge >= 0.3 is 0 Å². The number of nitrogens with one attached hydrogen (secondary N) is 1. The maximum absolute atomic E-state index is 12.4. The molecule has 0 radical (unpaired) electrons. The van der Waals surface area contributed by atoms with E-state index < -0.39 is 0 Å².